The Hall–Kier alpha value is -0.390. The van der Waals surface area contributed by atoms with Crippen LogP contribution in [0.4, 0.5) is 0 Å². The lowest BCUT2D eigenvalue weighted by Gasteiger charge is -2.18. The molecule has 0 spiro atoms. The van der Waals surface area contributed by atoms with Crippen LogP contribution < -0.4 is 0 Å². The average molecular weight is 326 g/mol. The molecule has 1 aromatic carbocycles. The lowest BCUT2D eigenvalue weighted by molar-refractivity contribution is 0.0983. The van der Waals surface area contributed by atoms with E-state index in [0.29, 0.717) is 10.6 Å². The summed E-state index contributed by atoms with van der Waals surface area (Å²) in [5, 5.41) is 0.493. The number of rotatable bonds is 3. The van der Waals surface area contributed by atoms with Crippen LogP contribution >= 0.6 is 27.5 Å². The molecule has 0 aliphatic carbocycles. The predicted octanol–water partition coefficient (Wildman–Crippen LogP) is 2.68. The minimum absolute atomic E-state index is 0.300. The van der Waals surface area contributed by atoms with Crippen LogP contribution in [-0.2, 0) is 9.84 Å². The molecular formula is C10H10BrClO3S. The van der Waals surface area contributed by atoms with Crippen LogP contribution in [0.15, 0.2) is 24.3 Å². The van der Waals surface area contributed by atoms with Crippen LogP contribution in [0.3, 0.4) is 0 Å². The van der Waals surface area contributed by atoms with Crippen molar-refractivity contribution in [3.63, 3.8) is 0 Å². The molecule has 0 aromatic heterocycles. The van der Waals surface area contributed by atoms with Gasteiger partial charge < -0.3 is 0 Å². The predicted molar refractivity (Wildman–Crippen MR) is 68.0 cm³/mol. The molecule has 0 N–H and O–H groups in total. The zero-order chi connectivity index (χ0) is 12.6. The number of halogens is 2. The Morgan fingerprint density at radius 3 is 2.12 bits per heavy atom. The standard InChI is InChI=1S/C10H10BrClO3S/c1-10(11,16(2,14)15)9(13)7-3-5-8(12)6-4-7/h3-6H,1-2H3/t10-/m1/s1. The number of hydrogen-bond donors (Lipinski definition) is 0. The quantitative estimate of drug-likeness (QED) is 0.634. The minimum Gasteiger partial charge on any atom is -0.291 e. The van der Waals surface area contributed by atoms with E-state index in [0.717, 1.165) is 6.26 Å². The van der Waals surface area contributed by atoms with Crippen LogP contribution in [0.2, 0.25) is 5.02 Å². The van der Waals surface area contributed by atoms with Crippen LogP contribution in [0, 0.1) is 0 Å². The molecule has 0 aliphatic rings. The number of hydrogen-bond acceptors (Lipinski definition) is 3. The van der Waals surface area contributed by atoms with E-state index in [9.17, 15) is 13.2 Å². The third-order valence-electron chi connectivity index (χ3n) is 2.21. The van der Waals surface area contributed by atoms with Crippen molar-refractivity contribution in [1.82, 2.24) is 0 Å². The zero-order valence-corrected chi connectivity index (χ0v) is 11.9. The van der Waals surface area contributed by atoms with Gasteiger partial charge in [0, 0.05) is 16.8 Å². The normalized spacial score (nSPS) is 15.5. The summed E-state index contributed by atoms with van der Waals surface area (Å²) < 4.78 is 21.3. The fraction of sp³-hybridized carbons (Fsp3) is 0.300. The minimum atomic E-state index is -3.53. The monoisotopic (exact) mass is 324 g/mol. The molecule has 16 heavy (non-hydrogen) atoms. The van der Waals surface area contributed by atoms with E-state index < -0.39 is 19.3 Å². The third-order valence-corrected chi connectivity index (χ3v) is 6.16. The van der Waals surface area contributed by atoms with Gasteiger partial charge in [0.2, 0.25) is 0 Å². The average Bonchev–Trinajstić information content (AvgIpc) is 2.16. The maximum Gasteiger partial charge on any atom is 0.194 e. The Labute approximate surface area is 108 Å². The highest BCUT2D eigenvalue weighted by Gasteiger charge is 2.41. The number of ketones is 1. The van der Waals surface area contributed by atoms with Gasteiger partial charge in [0.25, 0.3) is 0 Å². The Balaban J connectivity index is 3.18. The van der Waals surface area contributed by atoms with Gasteiger partial charge in [-0.05, 0) is 31.2 Å². The van der Waals surface area contributed by atoms with Crippen LogP contribution in [0.5, 0.6) is 0 Å². The molecular weight excluding hydrogens is 316 g/mol. The molecule has 0 amide bonds. The number of sulfone groups is 1. The molecule has 88 valence electrons. The molecule has 0 aliphatic heterocycles. The first-order valence-electron chi connectivity index (χ1n) is 4.35. The van der Waals surface area contributed by atoms with Crippen molar-refractivity contribution in [2.24, 2.45) is 0 Å². The maximum absolute atomic E-state index is 12.0. The molecule has 1 atom stereocenters. The Bertz CT molecular complexity index is 505. The lowest BCUT2D eigenvalue weighted by Crippen LogP contribution is -2.36. The van der Waals surface area contributed by atoms with Gasteiger partial charge in [-0.2, -0.15) is 0 Å². The first kappa shape index (κ1) is 13.7. The van der Waals surface area contributed by atoms with Crippen molar-refractivity contribution in [2.45, 2.75) is 10.6 Å². The summed E-state index contributed by atoms with van der Waals surface area (Å²) in [7, 11) is -3.53. The van der Waals surface area contributed by atoms with E-state index in [4.69, 9.17) is 11.6 Å². The first-order chi connectivity index (χ1) is 7.16. The smallest absolute Gasteiger partial charge is 0.194 e. The van der Waals surface area contributed by atoms with Gasteiger partial charge in [0.05, 0.1) is 0 Å². The van der Waals surface area contributed by atoms with Gasteiger partial charge in [-0.3, -0.25) is 4.79 Å². The second kappa shape index (κ2) is 4.47. The van der Waals surface area contributed by atoms with E-state index in [2.05, 4.69) is 15.9 Å². The van der Waals surface area contributed by atoms with E-state index >= 15 is 0 Å². The number of Topliss-reactive ketones (excluding diaryl/α,β-unsaturated/α-hetero) is 1. The summed E-state index contributed by atoms with van der Waals surface area (Å²) in [5.74, 6) is -0.508. The van der Waals surface area contributed by atoms with Gasteiger partial charge >= 0.3 is 0 Å². The highest BCUT2D eigenvalue weighted by Crippen LogP contribution is 2.29. The van der Waals surface area contributed by atoms with Gasteiger partial charge in [0.15, 0.2) is 19.3 Å². The highest BCUT2D eigenvalue weighted by atomic mass is 79.9. The van der Waals surface area contributed by atoms with Crippen molar-refractivity contribution in [3.05, 3.63) is 34.9 Å². The van der Waals surface area contributed by atoms with Crippen molar-refractivity contribution in [3.8, 4) is 0 Å². The van der Waals surface area contributed by atoms with Crippen molar-refractivity contribution in [2.75, 3.05) is 6.26 Å². The molecule has 0 fully saturated rings. The van der Waals surface area contributed by atoms with Crippen LogP contribution in [0.25, 0.3) is 0 Å². The number of carbonyl (C=O) groups is 1. The topological polar surface area (TPSA) is 51.2 Å². The first-order valence-corrected chi connectivity index (χ1v) is 7.41. The number of alkyl halides is 1. The maximum atomic E-state index is 12.0. The lowest BCUT2D eigenvalue weighted by atomic mass is 10.1. The number of carbonyl (C=O) groups excluding carboxylic acids is 1. The molecule has 0 radical (unpaired) electrons. The third kappa shape index (κ3) is 2.64. The van der Waals surface area contributed by atoms with Crippen molar-refractivity contribution >= 4 is 43.2 Å². The van der Waals surface area contributed by atoms with Crippen molar-refractivity contribution < 1.29 is 13.2 Å². The molecule has 0 bridgehead atoms. The summed E-state index contributed by atoms with van der Waals surface area (Å²) in [6.07, 6.45) is 1.01. The van der Waals surface area contributed by atoms with E-state index in [1.807, 2.05) is 0 Å². The zero-order valence-electron chi connectivity index (χ0n) is 8.70. The Morgan fingerprint density at radius 1 is 1.31 bits per heavy atom. The molecule has 0 heterocycles. The summed E-state index contributed by atoms with van der Waals surface area (Å²) >= 11 is 8.63. The van der Waals surface area contributed by atoms with E-state index in [-0.39, 0.29) is 0 Å². The second-order valence-corrected chi connectivity index (χ2v) is 8.43. The van der Waals surface area contributed by atoms with Gasteiger partial charge in [0.1, 0.15) is 0 Å². The Kier molecular flexibility index (Phi) is 3.82. The summed E-state index contributed by atoms with van der Waals surface area (Å²) in [5.41, 5.74) is 0.300. The Morgan fingerprint density at radius 2 is 1.75 bits per heavy atom. The van der Waals surface area contributed by atoms with Crippen LogP contribution in [-0.4, -0.2) is 24.1 Å². The molecule has 1 rings (SSSR count). The fourth-order valence-electron chi connectivity index (χ4n) is 1.03. The second-order valence-electron chi connectivity index (χ2n) is 3.52. The molecule has 0 unspecified atom stereocenters. The number of benzene rings is 1. The summed E-state index contributed by atoms with van der Waals surface area (Å²) in [6, 6.07) is 6.07. The van der Waals surface area contributed by atoms with Crippen molar-refractivity contribution in [1.29, 1.82) is 0 Å². The summed E-state index contributed by atoms with van der Waals surface area (Å²) in [6.45, 7) is 1.32. The summed E-state index contributed by atoms with van der Waals surface area (Å²) in [4.78, 5) is 12.0. The van der Waals surface area contributed by atoms with Crippen LogP contribution in [0.1, 0.15) is 17.3 Å². The van der Waals surface area contributed by atoms with Gasteiger partial charge in [-0.1, -0.05) is 27.5 Å². The fourth-order valence-corrected chi connectivity index (χ4v) is 1.84. The van der Waals surface area contributed by atoms with Gasteiger partial charge in [-0.25, -0.2) is 8.42 Å². The molecule has 0 saturated carbocycles. The molecule has 6 heteroatoms. The molecule has 3 nitrogen and oxygen atoms in total. The molecule has 1 aromatic rings. The SMILES string of the molecule is C[C@](Br)(C(=O)c1ccc(Cl)cc1)S(C)(=O)=O. The highest BCUT2D eigenvalue weighted by molar-refractivity contribution is 9.12. The van der Waals surface area contributed by atoms with E-state index in [1.165, 1.54) is 19.1 Å². The van der Waals surface area contributed by atoms with Gasteiger partial charge in [-0.15, -0.1) is 0 Å². The van der Waals surface area contributed by atoms with E-state index in [1.54, 1.807) is 12.1 Å². The molecule has 0 saturated heterocycles. The largest absolute Gasteiger partial charge is 0.291 e.